The van der Waals surface area contributed by atoms with Crippen molar-refractivity contribution in [2.45, 2.75) is 96.0 Å². The second kappa shape index (κ2) is 12.9. The van der Waals surface area contributed by atoms with Crippen LogP contribution in [0.25, 0.3) is 20.6 Å². The first-order valence-electron chi connectivity index (χ1n) is 13.4. The van der Waals surface area contributed by atoms with Crippen molar-refractivity contribution in [3.05, 3.63) is 43.1 Å². The summed E-state index contributed by atoms with van der Waals surface area (Å²) in [6.45, 7) is 2.55. The van der Waals surface area contributed by atoms with Gasteiger partial charge in [-0.2, -0.15) is 0 Å². The number of halogens is 1. The molecule has 0 amide bonds. The summed E-state index contributed by atoms with van der Waals surface area (Å²) in [6.07, 6.45) is 15.0. The fourth-order valence-electron chi connectivity index (χ4n) is 5.26. The molecule has 0 spiro atoms. The van der Waals surface area contributed by atoms with E-state index in [0.717, 1.165) is 64.5 Å². The summed E-state index contributed by atoms with van der Waals surface area (Å²) in [5.74, 6) is -0.597. The molecule has 36 heavy (non-hydrogen) atoms. The van der Waals surface area contributed by atoms with Crippen molar-refractivity contribution in [3.8, 4) is 0 Å². The molecule has 4 rings (SSSR count). The van der Waals surface area contributed by atoms with Gasteiger partial charge in [0.2, 0.25) is 0 Å². The number of benzene rings is 1. The van der Waals surface area contributed by atoms with Gasteiger partial charge >= 0.3 is 196 Å². The van der Waals surface area contributed by atoms with Crippen LogP contribution in [0.4, 0.5) is 0 Å². The molecule has 1 aliphatic rings. The second-order valence-electron chi connectivity index (χ2n) is 9.92. The predicted molar refractivity (Wildman–Crippen MR) is 149 cm³/mol. The van der Waals surface area contributed by atoms with Gasteiger partial charge < -0.3 is 0 Å². The Hall–Kier alpha value is -1.40. The third kappa shape index (κ3) is 6.01. The van der Waals surface area contributed by atoms with Crippen molar-refractivity contribution in [3.63, 3.8) is 0 Å². The minimum absolute atomic E-state index is 0.0274. The molecule has 3 aromatic rings. The van der Waals surface area contributed by atoms with Crippen LogP contribution in [0.2, 0.25) is 0 Å². The monoisotopic (exact) mass is 624 g/mol. The molecule has 0 radical (unpaired) electrons. The molecule has 196 valence electrons. The zero-order valence-corrected chi connectivity index (χ0v) is 24.8. The second-order valence-corrected chi connectivity index (χ2v) is 12.9. The van der Waals surface area contributed by atoms with E-state index >= 15 is 0 Å². The molecule has 1 aliphatic carbocycles. The van der Waals surface area contributed by atoms with Gasteiger partial charge in [-0.1, -0.05) is 32.6 Å². The third-order valence-corrected chi connectivity index (χ3v) is 11.7. The normalized spacial score (nSPS) is 15.5. The van der Waals surface area contributed by atoms with Gasteiger partial charge in [-0.15, -0.1) is 0 Å². The summed E-state index contributed by atoms with van der Waals surface area (Å²) >= 11 is 3.81. The van der Waals surface area contributed by atoms with Crippen LogP contribution < -0.4 is 5.63 Å². The minimum atomic E-state index is -0.628. The summed E-state index contributed by atoms with van der Waals surface area (Å²) in [5, 5.41) is 1.82. The van der Waals surface area contributed by atoms with Crippen LogP contribution in [0.15, 0.2) is 31.9 Å². The van der Waals surface area contributed by atoms with E-state index in [1.165, 1.54) is 43.0 Å². The first-order chi connectivity index (χ1) is 17.5. The third-order valence-electron chi connectivity index (χ3n) is 7.41. The summed E-state index contributed by atoms with van der Waals surface area (Å²) in [6, 6.07) is 5.61. The maximum atomic E-state index is 12.8. The van der Waals surface area contributed by atoms with Gasteiger partial charge in [0.15, 0.2) is 0 Å². The Morgan fingerprint density at radius 1 is 1.06 bits per heavy atom. The number of esters is 1. The van der Waals surface area contributed by atoms with Crippen LogP contribution in [-0.4, -0.2) is 34.2 Å². The van der Waals surface area contributed by atoms with Crippen molar-refractivity contribution < 1.29 is 18.7 Å². The van der Waals surface area contributed by atoms with Crippen LogP contribution in [0.5, 0.6) is 0 Å². The van der Waals surface area contributed by atoms with E-state index in [1.54, 1.807) is 13.2 Å². The van der Waals surface area contributed by atoms with E-state index in [0.29, 0.717) is 12.2 Å². The molecule has 2 heterocycles. The van der Waals surface area contributed by atoms with E-state index < -0.39 is 11.6 Å². The molecule has 0 aliphatic heterocycles. The van der Waals surface area contributed by atoms with Crippen LogP contribution in [0.3, 0.4) is 0 Å². The standard InChI is InChI=1S/C29H37BrO5Se/c1-3-4-5-6-7-8-9-13-18-34-27(31)22-19-20-14-15-21-23(30)26(29(33-2)16-11-10-12-17-29)36-25(21)24(20)35-28(22)32/h14-15,19H,3-13,16-18H2,1-2H3. The number of fused-ring (bicyclic) bond motifs is 3. The summed E-state index contributed by atoms with van der Waals surface area (Å²) < 4.78 is 20.7. The van der Waals surface area contributed by atoms with Crippen LogP contribution in [-0.2, 0) is 15.1 Å². The number of methoxy groups -OCH3 is 1. The first kappa shape index (κ1) is 27.6. The van der Waals surface area contributed by atoms with E-state index in [4.69, 9.17) is 13.9 Å². The fraction of sp³-hybridized carbons (Fsp3) is 0.586. The Kier molecular flexibility index (Phi) is 9.91. The molecule has 0 atom stereocenters. The average Bonchev–Trinajstić information content (AvgIpc) is 3.25. The maximum absolute atomic E-state index is 12.8. The molecule has 5 nitrogen and oxygen atoms in total. The van der Waals surface area contributed by atoms with Crippen molar-refractivity contribution in [2.24, 2.45) is 0 Å². The SMILES string of the molecule is CCCCCCCCCCOC(=O)c1cc2ccc3c(Br)c(C4(OC)CCCCC4)[se]c3c2oc1=O. The van der Waals surface area contributed by atoms with Crippen molar-refractivity contribution in [2.75, 3.05) is 13.7 Å². The Morgan fingerprint density at radius 2 is 1.75 bits per heavy atom. The van der Waals surface area contributed by atoms with Gasteiger partial charge in [0.05, 0.1) is 0 Å². The number of carbonyl (C=O) groups is 1. The van der Waals surface area contributed by atoms with Gasteiger partial charge in [0, 0.05) is 0 Å². The number of hydrogen-bond donors (Lipinski definition) is 0. The van der Waals surface area contributed by atoms with E-state index in [2.05, 4.69) is 28.9 Å². The van der Waals surface area contributed by atoms with Crippen molar-refractivity contribution in [1.82, 2.24) is 0 Å². The molecule has 1 fully saturated rings. The molecular formula is C29H37BrO5Se. The number of hydrogen-bond acceptors (Lipinski definition) is 5. The summed E-state index contributed by atoms with van der Waals surface area (Å²) in [4.78, 5) is 25.4. The molecule has 0 N–H and O–H groups in total. The zero-order valence-electron chi connectivity index (χ0n) is 21.5. The Morgan fingerprint density at radius 3 is 2.44 bits per heavy atom. The van der Waals surface area contributed by atoms with E-state index in [-0.39, 0.29) is 25.7 Å². The van der Waals surface area contributed by atoms with Crippen LogP contribution in [0.1, 0.15) is 105 Å². The number of unbranched alkanes of at least 4 members (excludes halogenated alkanes) is 7. The first-order valence-corrected chi connectivity index (χ1v) is 15.9. The summed E-state index contributed by atoms with van der Waals surface area (Å²) in [7, 11) is 1.81. The van der Waals surface area contributed by atoms with Crippen molar-refractivity contribution >= 4 is 57.0 Å². The summed E-state index contributed by atoms with van der Waals surface area (Å²) in [5.41, 5.74) is -0.329. The molecule has 0 bridgehead atoms. The average molecular weight is 624 g/mol. The molecular weight excluding hydrogens is 587 g/mol. The Balaban J connectivity index is 1.47. The number of rotatable bonds is 12. The Labute approximate surface area is 227 Å². The molecule has 0 saturated heterocycles. The molecule has 7 heteroatoms. The van der Waals surface area contributed by atoms with Crippen LogP contribution in [0, 0.1) is 0 Å². The molecule has 2 aromatic heterocycles. The van der Waals surface area contributed by atoms with E-state index in [9.17, 15) is 9.59 Å². The number of ether oxygens (including phenoxy) is 2. The zero-order chi connectivity index (χ0) is 25.5. The predicted octanol–water partition coefficient (Wildman–Crippen LogP) is 7.87. The molecule has 1 aromatic carbocycles. The quantitative estimate of drug-likeness (QED) is 0.0889. The topological polar surface area (TPSA) is 65.7 Å². The number of carbonyl (C=O) groups excluding carboxylic acids is 1. The Bertz CT molecular complexity index is 1240. The van der Waals surface area contributed by atoms with Gasteiger partial charge in [-0.05, 0) is 0 Å². The van der Waals surface area contributed by atoms with E-state index in [1.807, 2.05) is 6.07 Å². The van der Waals surface area contributed by atoms with Crippen molar-refractivity contribution in [1.29, 1.82) is 0 Å². The fourth-order valence-corrected chi connectivity index (χ4v) is 9.63. The van der Waals surface area contributed by atoms with Gasteiger partial charge in [-0.25, -0.2) is 0 Å². The molecule has 1 saturated carbocycles. The van der Waals surface area contributed by atoms with Crippen LogP contribution >= 0.6 is 15.9 Å². The van der Waals surface area contributed by atoms with Gasteiger partial charge in [0.1, 0.15) is 0 Å². The van der Waals surface area contributed by atoms with Gasteiger partial charge in [0.25, 0.3) is 0 Å². The van der Waals surface area contributed by atoms with Gasteiger partial charge in [-0.3, -0.25) is 0 Å². The molecule has 0 unspecified atom stereocenters.